The van der Waals surface area contributed by atoms with Crippen LogP contribution in [0.3, 0.4) is 0 Å². The van der Waals surface area contributed by atoms with Gasteiger partial charge < -0.3 is 50.3 Å². The van der Waals surface area contributed by atoms with Crippen molar-refractivity contribution < 1.29 is 49.6 Å². The summed E-state index contributed by atoms with van der Waals surface area (Å²) in [5.41, 5.74) is 14.5. The number of nitrogens with zero attached hydrogens (tertiary/aromatic N) is 3. The van der Waals surface area contributed by atoms with Crippen LogP contribution in [0, 0.1) is 0 Å². The maximum absolute atomic E-state index is 12.2. The zero-order valence-electron chi connectivity index (χ0n) is 50.1. The minimum Gasteiger partial charge on any atom is -0.503 e. The van der Waals surface area contributed by atoms with E-state index in [1.54, 1.807) is 6.07 Å². The Morgan fingerprint density at radius 2 is 0.906 bits per heavy atom. The van der Waals surface area contributed by atoms with Crippen LogP contribution < -0.4 is 30.9 Å². The second-order valence-corrected chi connectivity index (χ2v) is 26.6. The maximum Gasteiger partial charge on any atom is 0.252 e. The minimum atomic E-state index is -1.13. The van der Waals surface area contributed by atoms with Crippen molar-refractivity contribution in [2.45, 2.75) is 105 Å². The number of methoxy groups -OCH3 is 1. The standard InChI is InChI=1S/C71H70BN3O10/c1-68(2,3)40-25-21-39(22-26-40)46-35-41(69(4,5)6)27-33-50(46)75-51-34-28-42(70(7,8)9)36-49(51)72-48-32-31-44(74-56-58(76)60(78)61(79)62(80)65(56)84-85-66-57(74)59(77)67(83-13)64(82)63(66)81)37-54(48)73(52-19-16-20-53(75)55(52)72)43-29-23-38(24-30-43)45-17-14-15-18-47(45)71(10,11)12/h14-37,76-82H,1-13H3. The summed E-state index contributed by atoms with van der Waals surface area (Å²) >= 11 is 0. The predicted molar refractivity (Wildman–Crippen MR) is 341 cm³/mol. The molecular weight excluding hydrogens is 1070 g/mol. The molecule has 85 heavy (non-hydrogen) atoms. The number of benzene rings is 9. The van der Waals surface area contributed by atoms with Crippen molar-refractivity contribution in [3.63, 3.8) is 0 Å². The first-order valence-electron chi connectivity index (χ1n) is 28.6. The van der Waals surface area contributed by atoms with Gasteiger partial charge in [0.25, 0.3) is 17.9 Å². The van der Waals surface area contributed by atoms with E-state index in [1.807, 2.05) is 12.1 Å². The van der Waals surface area contributed by atoms with Gasteiger partial charge in [-0.05, 0) is 132 Å². The summed E-state index contributed by atoms with van der Waals surface area (Å²) in [6.07, 6.45) is 0. The smallest absolute Gasteiger partial charge is 0.252 e. The second kappa shape index (κ2) is 19.5. The number of ether oxygens (including phenoxy) is 1. The third kappa shape index (κ3) is 8.91. The van der Waals surface area contributed by atoms with E-state index < -0.39 is 74.9 Å². The summed E-state index contributed by atoms with van der Waals surface area (Å²) in [7, 11) is 1.18. The average Bonchev–Trinajstić information content (AvgIpc) is 1.07. The molecule has 2 aliphatic rings. The fourth-order valence-electron chi connectivity index (χ4n) is 12.4. The van der Waals surface area contributed by atoms with E-state index in [0.717, 1.165) is 72.6 Å². The monoisotopic (exact) mass is 1140 g/mol. The van der Waals surface area contributed by atoms with Crippen LogP contribution in [0.15, 0.2) is 155 Å². The fraction of sp³-hybridized carbons (Fsp3) is 0.239. The molecular formula is C71H70BN3O10. The fourth-order valence-corrected chi connectivity index (χ4v) is 12.4. The molecule has 3 heterocycles. The highest BCUT2D eigenvalue weighted by molar-refractivity contribution is 7.00. The molecule has 7 N–H and O–H groups in total. The van der Waals surface area contributed by atoms with Crippen LogP contribution in [-0.4, -0.2) is 54.1 Å². The first kappa shape index (κ1) is 56.0. The Hall–Kier alpha value is -9.56. The lowest BCUT2D eigenvalue weighted by Crippen LogP contribution is -2.61. The molecule has 0 bridgehead atoms. The average molecular weight is 1140 g/mol. The summed E-state index contributed by atoms with van der Waals surface area (Å²) in [5.74, 6) is -7.45. The normalized spacial score (nSPS) is 13.3. The van der Waals surface area contributed by atoms with Crippen LogP contribution in [0.25, 0.3) is 50.1 Å². The van der Waals surface area contributed by atoms with E-state index in [4.69, 9.17) is 13.9 Å². The zero-order chi connectivity index (χ0) is 60.7. The van der Waals surface area contributed by atoms with Gasteiger partial charge in [0.15, 0.2) is 11.5 Å². The molecule has 0 fully saturated rings. The van der Waals surface area contributed by atoms with Gasteiger partial charge in [0, 0.05) is 39.7 Å². The highest BCUT2D eigenvalue weighted by Gasteiger charge is 2.45. The Kier molecular flexibility index (Phi) is 12.8. The number of fused-ring (bicyclic) bond motifs is 6. The molecule has 0 amide bonds. The van der Waals surface area contributed by atoms with Gasteiger partial charge in [0.05, 0.1) is 12.8 Å². The Morgan fingerprint density at radius 3 is 1.52 bits per heavy atom. The molecule has 0 saturated heterocycles. The molecule has 0 atom stereocenters. The van der Waals surface area contributed by atoms with Crippen LogP contribution in [0.2, 0.25) is 0 Å². The number of aromatic hydroxyl groups is 7. The highest BCUT2D eigenvalue weighted by Crippen LogP contribution is 2.55. The highest BCUT2D eigenvalue weighted by atomic mass is 17.0. The van der Waals surface area contributed by atoms with Gasteiger partial charge in [-0.3, -0.25) is 13.7 Å². The second-order valence-electron chi connectivity index (χ2n) is 26.6. The van der Waals surface area contributed by atoms with Crippen LogP contribution >= 0.6 is 0 Å². The van der Waals surface area contributed by atoms with Crippen LogP contribution in [0.4, 0.5) is 34.1 Å². The molecule has 0 unspecified atom stereocenters. The van der Waals surface area contributed by atoms with E-state index >= 15 is 0 Å². The van der Waals surface area contributed by atoms with Gasteiger partial charge >= 0.3 is 0 Å². The van der Waals surface area contributed by atoms with Gasteiger partial charge in [0.2, 0.25) is 34.5 Å². The molecule has 2 aliphatic heterocycles. The Morgan fingerprint density at radius 1 is 0.388 bits per heavy atom. The topological polar surface area (TPSA) is 189 Å². The lowest BCUT2D eigenvalue weighted by molar-refractivity contribution is 0.0869. The first-order valence-corrected chi connectivity index (χ1v) is 28.6. The predicted octanol–water partition coefficient (Wildman–Crippen LogP) is 15.6. The van der Waals surface area contributed by atoms with E-state index in [-0.39, 0.29) is 27.3 Å². The van der Waals surface area contributed by atoms with Crippen molar-refractivity contribution in [2.75, 3.05) is 16.9 Å². The lowest BCUT2D eigenvalue weighted by Gasteiger charge is -2.45. The molecule has 12 rings (SSSR count). The molecule has 0 radical (unpaired) electrons. The molecule has 10 aromatic rings. The van der Waals surface area contributed by atoms with Gasteiger partial charge in [-0.2, -0.15) is 0 Å². The third-order valence-corrected chi connectivity index (χ3v) is 16.9. The van der Waals surface area contributed by atoms with Gasteiger partial charge in [0.1, 0.15) is 11.0 Å². The minimum absolute atomic E-state index is 0.0473. The Balaban J connectivity index is 1.19. The molecule has 0 saturated carbocycles. The van der Waals surface area contributed by atoms with Crippen molar-refractivity contribution in [1.82, 2.24) is 4.57 Å². The summed E-state index contributed by atoms with van der Waals surface area (Å²) in [6, 6.07) is 51.4. The molecule has 14 heteroatoms. The Bertz CT molecular complexity index is 4430. The molecule has 0 aliphatic carbocycles. The zero-order valence-corrected chi connectivity index (χ0v) is 50.1. The number of hydrogen-bond acceptors (Lipinski definition) is 12. The molecule has 432 valence electrons. The SMILES string of the molecule is COc1c(O)c(O)c2ooc3c(O)c(O)c(O)c(O)c3n(-c3ccc4c(c3)N(c3ccc(-c5ccccc5C(C)(C)C)cc3)c3cccc5c3B4c3cc(C(C)(C)C)ccc3N5c3ccc(C(C)(C)C)cc3-c3ccc(C(C)(C)C)cc3)c2c1O. The van der Waals surface area contributed by atoms with Crippen molar-refractivity contribution in [3.8, 4) is 73.9 Å². The van der Waals surface area contributed by atoms with E-state index in [9.17, 15) is 35.7 Å². The molecule has 0 spiro atoms. The summed E-state index contributed by atoms with van der Waals surface area (Å²) < 4.78 is 17.8. The number of phenolic OH excluding ortho intramolecular Hbond substituents is 7. The van der Waals surface area contributed by atoms with Gasteiger partial charge in [-0.25, -0.2) is 0 Å². The largest absolute Gasteiger partial charge is 0.503 e. The maximum atomic E-state index is 12.2. The number of rotatable bonds is 6. The van der Waals surface area contributed by atoms with Crippen LogP contribution in [0.5, 0.6) is 46.0 Å². The van der Waals surface area contributed by atoms with Crippen LogP contribution in [0.1, 0.15) is 105 Å². The van der Waals surface area contributed by atoms with E-state index in [1.165, 1.54) is 28.4 Å². The molecule has 13 nitrogen and oxygen atoms in total. The lowest BCUT2D eigenvalue weighted by atomic mass is 9.33. The van der Waals surface area contributed by atoms with Crippen LogP contribution in [-0.2, 0) is 21.7 Å². The van der Waals surface area contributed by atoms with Gasteiger partial charge in [-0.15, -0.1) is 0 Å². The van der Waals surface area contributed by atoms with E-state index in [2.05, 4.69) is 220 Å². The Labute approximate surface area is 494 Å². The number of anilines is 6. The quantitative estimate of drug-likeness (QED) is 0.0362. The summed E-state index contributed by atoms with van der Waals surface area (Å²) in [6.45, 7) is 26.3. The first-order chi connectivity index (χ1) is 40.1. The number of hydrogen-bond donors (Lipinski definition) is 7. The third-order valence-electron chi connectivity index (χ3n) is 16.9. The summed E-state index contributed by atoms with van der Waals surface area (Å²) in [4.78, 5) is 4.60. The van der Waals surface area contributed by atoms with Crippen molar-refractivity contribution in [1.29, 1.82) is 0 Å². The molecule has 9 aromatic carbocycles. The number of phenols is 7. The van der Waals surface area contributed by atoms with Gasteiger partial charge in [-0.1, -0.05) is 174 Å². The van der Waals surface area contributed by atoms with E-state index in [0.29, 0.717) is 5.69 Å². The molecule has 1 aromatic heterocycles. The van der Waals surface area contributed by atoms with Crippen molar-refractivity contribution in [2.24, 2.45) is 0 Å². The summed E-state index contributed by atoms with van der Waals surface area (Å²) in [5, 5.41) is 80.5. The van der Waals surface area contributed by atoms with Crippen molar-refractivity contribution >= 4 is 79.4 Å². The number of aromatic nitrogens is 1. The van der Waals surface area contributed by atoms with Crippen molar-refractivity contribution in [3.05, 3.63) is 168 Å².